The third-order valence-electron chi connectivity index (χ3n) is 2.59. The molecule has 2 N–H and O–H groups in total. The fourth-order valence-corrected chi connectivity index (χ4v) is 1.79. The molecule has 1 aliphatic rings. The summed E-state index contributed by atoms with van der Waals surface area (Å²) in [5.74, 6) is 0.116. The number of rotatable bonds is 6. The molecule has 2 unspecified atom stereocenters. The summed E-state index contributed by atoms with van der Waals surface area (Å²) in [6.45, 7) is 6.35. The van der Waals surface area contributed by atoms with E-state index in [2.05, 4.69) is 17.6 Å². The second-order valence-corrected chi connectivity index (χ2v) is 4.05. The molecular formula is C11H22N2O2. The van der Waals surface area contributed by atoms with Gasteiger partial charge < -0.3 is 15.4 Å². The Labute approximate surface area is 91.8 Å². The zero-order valence-corrected chi connectivity index (χ0v) is 9.71. The Kier molecular flexibility index (Phi) is 5.65. The van der Waals surface area contributed by atoms with Crippen molar-refractivity contribution in [2.45, 2.75) is 45.3 Å². The Hall–Kier alpha value is -0.610. The fourth-order valence-electron chi connectivity index (χ4n) is 1.79. The van der Waals surface area contributed by atoms with Gasteiger partial charge in [0.05, 0.1) is 12.2 Å². The predicted octanol–water partition coefficient (Wildman–Crippen LogP) is 0.670. The Morgan fingerprint density at radius 1 is 1.47 bits per heavy atom. The van der Waals surface area contributed by atoms with Crippen LogP contribution in [0.1, 0.15) is 33.1 Å². The van der Waals surface area contributed by atoms with Gasteiger partial charge in [0.15, 0.2) is 0 Å². The van der Waals surface area contributed by atoms with Gasteiger partial charge in [-0.2, -0.15) is 0 Å². The van der Waals surface area contributed by atoms with Crippen molar-refractivity contribution in [2.24, 2.45) is 0 Å². The molecule has 4 nitrogen and oxygen atoms in total. The van der Waals surface area contributed by atoms with Crippen LogP contribution in [0.4, 0.5) is 0 Å². The number of hydrogen-bond acceptors (Lipinski definition) is 3. The highest BCUT2D eigenvalue weighted by Gasteiger charge is 2.20. The molecule has 1 amide bonds. The van der Waals surface area contributed by atoms with Crippen LogP contribution in [0.3, 0.4) is 0 Å². The summed E-state index contributed by atoms with van der Waals surface area (Å²) >= 11 is 0. The molecule has 1 heterocycles. The van der Waals surface area contributed by atoms with Gasteiger partial charge in [0.25, 0.3) is 0 Å². The first-order valence-corrected chi connectivity index (χ1v) is 5.85. The van der Waals surface area contributed by atoms with Gasteiger partial charge in [-0.15, -0.1) is 0 Å². The zero-order valence-electron chi connectivity index (χ0n) is 9.71. The van der Waals surface area contributed by atoms with E-state index < -0.39 is 0 Å². The van der Waals surface area contributed by atoms with Crippen LogP contribution in [0.5, 0.6) is 0 Å². The van der Waals surface area contributed by atoms with Crippen molar-refractivity contribution in [2.75, 3.05) is 19.6 Å². The van der Waals surface area contributed by atoms with Crippen molar-refractivity contribution in [3.05, 3.63) is 0 Å². The van der Waals surface area contributed by atoms with Crippen molar-refractivity contribution in [1.29, 1.82) is 0 Å². The number of carbonyl (C=O) groups excluding carboxylic acids is 1. The van der Waals surface area contributed by atoms with Crippen LogP contribution >= 0.6 is 0 Å². The molecule has 15 heavy (non-hydrogen) atoms. The molecular weight excluding hydrogens is 192 g/mol. The van der Waals surface area contributed by atoms with E-state index in [1.54, 1.807) is 0 Å². The number of nitrogens with one attached hydrogen (secondary N) is 2. The molecule has 2 atom stereocenters. The van der Waals surface area contributed by atoms with E-state index >= 15 is 0 Å². The molecule has 1 fully saturated rings. The van der Waals surface area contributed by atoms with Crippen LogP contribution in [0.15, 0.2) is 0 Å². The average Bonchev–Trinajstić information content (AvgIpc) is 2.60. The van der Waals surface area contributed by atoms with Crippen molar-refractivity contribution in [3.8, 4) is 0 Å². The van der Waals surface area contributed by atoms with E-state index in [-0.39, 0.29) is 5.91 Å². The second-order valence-electron chi connectivity index (χ2n) is 4.05. The molecule has 0 aromatic carbocycles. The van der Waals surface area contributed by atoms with Crippen LogP contribution in [0, 0.1) is 0 Å². The Balaban J connectivity index is 1.95. The van der Waals surface area contributed by atoms with E-state index in [0.29, 0.717) is 25.2 Å². The number of carbonyl (C=O) groups is 1. The first kappa shape index (κ1) is 12.5. The van der Waals surface area contributed by atoms with Crippen molar-refractivity contribution in [1.82, 2.24) is 10.6 Å². The summed E-state index contributed by atoms with van der Waals surface area (Å²) in [5, 5.41) is 6.02. The van der Waals surface area contributed by atoms with Gasteiger partial charge in [-0.1, -0.05) is 0 Å². The highest BCUT2D eigenvalue weighted by molar-refractivity contribution is 5.75. The maximum absolute atomic E-state index is 11.1. The molecule has 0 aromatic rings. The van der Waals surface area contributed by atoms with E-state index in [0.717, 1.165) is 25.9 Å². The molecule has 0 radical (unpaired) electrons. The zero-order chi connectivity index (χ0) is 11.1. The number of ether oxygens (including phenoxy) is 1. The summed E-state index contributed by atoms with van der Waals surface area (Å²) in [4.78, 5) is 11.1. The van der Waals surface area contributed by atoms with E-state index in [1.807, 2.05) is 6.92 Å². The number of amides is 1. The average molecular weight is 214 g/mol. The van der Waals surface area contributed by atoms with E-state index in [1.165, 1.54) is 0 Å². The minimum absolute atomic E-state index is 0.116. The molecule has 0 bridgehead atoms. The van der Waals surface area contributed by atoms with Crippen molar-refractivity contribution >= 4 is 5.91 Å². The molecule has 0 saturated carbocycles. The molecule has 0 aromatic heterocycles. The highest BCUT2D eigenvalue weighted by atomic mass is 16.5. The van der Waals surface area contributed by atoms with Crippen LogP contribution in [-0.4, -0.2) is 37.7 Å². The molecule has 1 rings (SSSR count). The lowest BCUT2D eigenvalue weighted by Crippen LogP contribution is -2.31. The van der Waals surface area contributed by atoms with Gasteiger partial charge in [-0.25, -0.2) is 0 Å². The maximum Gasteiger partial charge on any atom is 0.221 e. The third-order valence-corrected chi connectivity index (χ3v) is 2.59. The van der Waals surface area contributed by atoms with Crippen LogP contribution in [0.25, 0.3) is 0 Å². The Morgan fingerprint density at radius 2 is 2.27 bits per heavy atom. The molecule has 4 heteroatoms. The largest absolute Gasteiger partial charge is 0.374 e. The van der Waals surface area contributed by atoms with Gasteiger partial charge in [-0.3, -0.25) is 4.79 Å². The van der Waals surface area contributed by atoms with E-state index in [9.17, 15) is 4.79 Å². The lowest BCUT2D eigenvalue weighted by atomic mass is 10.2. The second kappa shape index (κ2) is 6.80. The molecule has 0 spiro atoms. The summed E-state index contributed by atoms with van der Waals surface area (Å²) in [5.41, 5.74) is 0. The SMILES string of the molecule is CCNC(=O)CCNCC1CCC(C)O1. The molecule has 88 valence electrons. The standard InChI is InChI=1S/C11H22N2O2/c1-3-13-11(14)6-7-12-8-10-5-4-9(2)15-10/h9-10,12H,3-8H2,1-2H3,(H,13,14). The molecule has 0 aliphatic carbocycles. The molecule has 1 aliphatic heterocycles. The third kappa shape index (κ3) is 5.14. The number of hydrogen-bond donors (Lipinski definition) is 2. The van der Waals surface area contributed by atoms with Crippen LogP contribution in [0.2, 0.25) is 0 Å². The quantitative estimate of drug-likeness (QED) is 0.639. The first-order valence-electron chi connectivity index (χ1n) is 5.85. The topological polar surface area (TPSA) is 50.4 Å². The normalized spacial score (nSPS) is 25.5. The Morgan fingerprint density at radius 3 is 2.87 bits per heavy atom. The lowest BCUT2D eigenvalue weighted by molar-refractivity contribution is -0.120. The van der Waals surface area contributed by atoms with Gasteiger partial charge in [0.2, 0.25) is 5.91 Å². The van der Waals surface area contributed by atoms with Crippen molar-refractivity contribution < 1.29 is 9.53 Å². The maximum atomic E-state index is 11.1. The lowest BCUT2D eigenvalue weighted by Gasteiger charge is -2.11. The van der Waals surface area contributed by atoms with Crippen molar-refractivity contribution in [3.63, 3.8) is 0 Å². The van der Waals surface area contributed by atoms with Gasteiger partial charge in [0.1, 0.15) is 0 Å². The smallest absolute Gasteiger partial charge is 0.221 e. The summed E-state index contributed by atoms with van der Waals surface area (Å²) in [6, 6.07) is 0. The summed E-state index contributed by atoms with van der Waals surface area (Å²) in [6.07, 6.45) is 3.59. The van der Waals surface area contributed by atoms with Crippen LogP contribution < -0.4 is 10.6 Å². The van der Waals surface area contributed by atoms with E-state index in [4.69, 9.17) is 4.74 Å². The van der Waals surface area contributed by atoms with Crippen LogP contribution in [-0.2, 0) is 9.53 Å². The van der Waals surface area contributed by atoms with Gasteiger partial charge in [0, 0.05) is 26.1 Å². The highest BCUT2D eigenvalue weighted by Crippen LogP contribution is 2.17. The van der Waals surface area contributed by atoms with Gasteiger partial charge >= 0.3 is 0 Å². The minimum atomic E-state index is 0.116. The van der Waals surface area contributed by atoms with Gasteiger partial charge in [-0.05, 0) is 26.7 Å². The Bertz CT molecular complexity index is 197. The summed E-state index contributed by atoms with van der Waals surface area (Å²) in [7, 11) is 0. The minimum Gasteiger partial charge on any atom is -0.374 e. The first-order chi connectivity index (χ1) is 7.22. The fraction of sp³-hybridized carbons (Fsp3) is 0.909. The monoisotopic (exact) mass is 214 g/mol. The molecule has 1 saturated heterocycles. The summed E-state index contributed by atoms with van der Waals surface area (Å²) < 4.78 is 5.65. The predicted molar refractivity (Wildman–Crippen MR) is 59.7 cm³/mol.